The number of aryl methyl sites for hydroxylation is 1. The maximum Gasteiger partial charge on any atom is 0.194 e. The Morgan fingerprint density at radius 2 is 2.16 bits per heavy atom. The minimum atomic E-state index is 0. The molecule has 1 saturated carbocycles. The molecule has 25 heavy (non-hydrogen) atoms. The summed E-state index contributed by atoms with van der Waals surface area (Å²) in [6.07, 6.45) is 7.98. The van der Waals surface area contributed by atoms with E-state index in [4.69, 9.17) is 9.73 Å². The molecule has 0 unspecified atom stereocenters. The molecule has 1 N–H and O–H groups in total. The molecule has 0 aliphatic heterocycles. The number of nitrogens with one attached hydrogen (secondary N) is 1. The van der Waals surface area contributed by atoms with Crippen molar-refractivity contribution in [2.75, 3.05) is 26.7 Å². The molecule has 1 aliphatic rings. The van der Waals surface area contributed by atoms with Crippen LogP contribution in [0.1, 0.15) is 56.2 Å². The molecule has 1 aromatic heterocycles. The van der Waals surface area contributed by atoms with Crippen molar-refractivity contribution in [1.82, 2.24) is 15.2 Å². The number of ether oxygens (including phenoxy) is 1. The standard InChI is InChI=1S/C18H32N4OS.HI/c1-4-19-18(22(3)13-16-14-24-15(2)21-16)20-11-8-12-23-17-9-6-5-7-10-17;/h14,17H,4-13H2,1-3H3,(H,19,20);1H. The van der Waals surface area contributed by atoms with Crippen molar-refractivity contribution in [1.29, 1.82) is 0 Å². The zero-order valence-corrected chi connectivity index (χ0v) is 18.9. The molecule has 0 radical (unpaired) electrons. The van der Waals surface area contributed by atoms with Crippen molar-refractivity contribution in [2.24, 2.45) is 4.99 Å². The minimum Gasteiger partial charge on any atom is -0.378 e. The number of aliphatic imine (C=N–C) groups is 1. The Balaban J connectivity index is 0.00000312. The molecule has 1 heterocycles. The maximum atomic E-state index is 5.97. The third-order valence-electron chi connectivity index (χ3n) is 4.23. The molecule has 1 fully saturated rings. The lowest BCUT2D eigenvalue weighted by Crippen LogP contribution is -2.38. The Bertz CT molecular complexity index is 503. The fourth-order valence-electron chi connectivity index (χ4n) is 3.00. The van der Waals surface area contributed by atoms with Crippen molar-refractivity contribution >= 4 is 41.3 Å². The number of aromatic nitrogens is 1. The third kappa shape index (κ3) is 8.68. The first-order chi connectivity index (χ1) is 11.7. The average Bonchev–Trinajstić information content (AvgIpc) is 2.99. The van der Waals surface area contributed by atoms with Gasteiger partial charge in [-0.25, -0.2) is 4.98 Å². The zero-order valence-electron chi connectivity index (χ0n) is 15.8. The van der Waals surface area contributed by atoms with E-state index >= 15 is 0 Å². The highest BCUT2D eigenvalue weighted by Gasteiger charge is 2.13. The molecular weight excluding hydrogens is 447 g/mol. The maximum absolute atomic E-state index is 5.97. The summed E-state index contributed by atoms with van der Waals surface area (Å²) in [7, 11) is 2.06. The van der Waals surface area contributed by atoms with Crippen LogP contribution >= 0.6 is 35.3 Å². The first-order valence-corrected chi connectivity index (χ1v) is 10.1. The molecule has 0 spiro atoms. The van der Waals surface area contributed by atoms with E-state index in [1.54, 1.807) is 11.3 Å². The van der Waals surface area contributed by atoms with Gasteiger partial charge in [-0.15, -0.1) is 35.3 Å². The van der Waals surface area contributed by atoms with Gasteiger partial charge in [-0.3, -0.25) is 4.99 Å². The molecular formula is C18H33IN4OS. The van der Waals surface area contributed by atoms with Crippen molar-refractivity contribution in [3.05, 3.63) is 16.1 Å². The van der Waals surface area contributed by atoms with Crippen LogP contribution < -0.4 is 5.32 Å². The summed E-state index contributed by atoms with van der Waals surface area (Å²) in [5, 5.41) is 6.59. The number of rotatable bonds is 8. The van der Waals surface area contributed by atoms with Gasteiger partial charge in [0, 0.05) is 32.1 Å². The van der Waals surface area contributed by atoms with Crippen molar-refractivity contribution < 1.29 is 4.74 Å². The number of nitrogens with zero attached hydrogens (tertiary/aromatic N) is 3. The molecule has 0 aromatic carbocycles. The molecule has 1 aromatic rings. The second kappa shape index (κ2) is 12.9. The van der Waals surface area contributed by atoms with Gasteiger partial charge in [0.1, 0.15) is 0 Å². The van der Waals surface area contributed by atoms with Crippen LogP contribution in [-0.2, 0) is 11.3 Å². The van der Waals surface area contributed by atoms with Gasteiger partial charge >= 0.3 is 0 Å². The number of halogens is 1. The molecule has 0 bridgehead atoms. The van der Waals surface area contributed by atoms with E-state index in [2.05, 4.69) is 34.6 Å². The van der Waals surface area contributed by atoms with Gasteiger partial charge in [-0.05, 0) is 33.1 Å². The number of hydrogen-bond donors (Lipinski definition) is 1. The summed E-state index contributed by atoms with van der Waals surface area (Å²) in [6, 6.07) is 0. The Kier molecular flexibility index (Phi) is 11.6. The van der Waals surface area contributed by atoms with Crippen LogP contribution in [0.2, 0.25) is 0 Å². The van der Waals surface area contributed by atoms with Crippen LogP contribution in [0.5, 0.6) is 0 Å². The minimum absolute atomic E-state index is 0. The second-order valence-corrected chi connectivity index (χ2v) is 7.50. The first kappa shape index (κ1) is 22.6. The average molecular weight is 480 g/mol. The van der Waals surface area contributed by atoms with Crippen LogP contribution in [0, 0.1) is 6.92 Å². The van der Waals surface area contributed by atoms with Crippen LogP contribution in [0.25, 0.3) is 0 Å². The lowest BCUT2D eigenvalue weighted by Gasteiger charge is -2.22. The van der Waals surface area contributed by atoms with E-state index in [1.807, 2.05) is 6.92 Å². The van der Waals surface area contributed by atoms with Gasteiger partial charge in [0.05, 0.1) is 23.4 Å². The predicted molar refractivity (Wildman–Crippen MR) is 117 cm³/mol. The van der Waals surface area contributed by atoms with Gasteiger partial charge in [-0.2, -0.15) is 0 Å². The number of guanidine groups is 1. The largest absolute Gasteiger partial charge is 0.378 e. The smallest absolute Gasteiger partial charge is 0.194 e. The molecule has 0 atom stereocenters. The van der Waals surface area contributed by atoms with Crippen molar-refractivity contribution in [2.45, 2.75) is 65.0 Å². The van der Waals surface area contributed by atoms with Crippen LogP contribution in [0.15, 0.2) is 10.4 Å². The topological polar surface area (TPSA) is 49.8 Å². The first-order valence-electron chi connectivity index (χ1n) is 9.21. The van der Waals surface area contributed by atoms with Crippen molar-refractivity contribution in [3.8, 4) is 0 Å². The second-order valence-electron chi connectivity index (χ2n) is 6.43. The lowest BCUT2D eigenvalue weighted by molar-refractivity contribution is 0.0281. The molecule has 144 valence electrons. The van der Waals surface area contributed by atoms with Gasteiger partial charge in [0.2, 0.25) is 0 Å². The van der Waals surface area contributed by atoms with E-state index in [-0.39, 0.29) is 24.0 Å². The lowest BCUT2D eigenvalue weighted by atomic mass is 9.98. The van der Waals surface area contributed by atoms with E-state index in [9.17, 15) is 0 Å². The molecule has 0 amide bonds. The summed E-state index contributed by atoms with van der Waals surface area (Å²) in [6.45, 7) is 7.42. The summed E-state index contributed by atoms with van der Waals surface area (Å²) in [4.78, 5) is 11.4. The molecule has 5 nitrogen and oxygen atoms in total. The highest BCUT2D eigenvalue weighted by Crippen LogP contribution is 2.20. The summed E-state index contributed by atoms with van der Waals surface area (Å²) in [5.41, 5.74) is 1.10. The van der Waals surface area contributed by atoms with E-state index in [0.29, 0.717) is 6.10 Å². The van der Waals surface area contributed by atoms with Gasteiger partial charge < -0.3 is 15.0 Å². The molecule has 7 heteroatoms. The Hall–Kier alpha value is -0.410. The SMILES string of the molecule is CCNC(=NCCCOC1CCCCC1)N(C)Cc1csc(C)n1.I. The summed E-state index contributed by atoms with van der Waals surface area (Å²) < 4.78 is 5.97. The van der Waals surface area contributed by atoms with Gasteiger partial charge in [0.25, 0.3) is 0 Å². The van der Waals surface area contributed by atoms with E-state index < -0.39 is 0 Å². The zero-order chi connectivity index (χ0) is 17.2. The Morgan fingerprint density at radius 3 is 2.80 bits per heavy atom. The normalized spacial score (nSPS) is 15.7. The fourth-order valence-corrected chi connectivity index (χ4v) is 3.60. The number of thiazole rings is 1. The summed E-state index contributed by atoms with van der Waals surface area (Å²) >= 11 is 1.69. The monoisotopic (exact) mass is 480 g/mol. The van der Waals surface area contributed by atoms with E-state index in [0.717, 1.165) is 49.3 Å². The van der Waals surface area contributed by atoms with Gasteiger partial charge in [-0.1, -0.05) is 19.3 Å². The van der Waals surface area contributed by atoms with E-state index in [1.165, 1.54) is 32.1 Å². The fraction of sp³-hybridized carbons (Fsp3) is 0.778. The molecule has 0 saturated heterocycles. The van der Waals surface area contributed by atoms with Crippen LogP contribution in [0.3, 0.4) is 0 Å². The third-order valence-corrected chi connectivity index (χ3v) is 5.05. The highest BCUT2D eigenvalue weighted by molar-refractivity contribution is 14.0. The molecule has 2 rings (SSSR count). The summed E-state index contributed by atoms with van der Waals surface area (Å²) in [5.74, 6) is 0.945. The van der Waals surface area contributed by atoms with Crippen molar-refractivity contribution in [3.63, 3.8) is 0 Å². The Labute approximate surface area is 173 Å². The Morgan fingerprint density at radius 1 is 1.40 bits per heavy atom. The van der Waals surface area contributed by atoms with Gasteiger partial charge in [0.15, 0.2) is 5.96 Å². The molecule has 1 aliphatic carbocycles. The number of hydrogen-bond acceptors (Lipinski definition) is 4. The highest BCUT2D eigenvalue weighted by atomic mass is 127. The predicted octanol–water partition coefficient (Wildman–Crippen LogP) is 4.21. The quantitative estimate of drug-likeness (QED) is 0.262. The van der Waals surface area contributed by atoms with Crippen LogP contribution in [0.4, 0.5) is 0 Å². The van der Waals surface area contributed by atoms with Crippen LogP contribution in [-0.4, -0.2) is 48.7 Å².